The fraction of sp³-hybridized carbons (Fsp3) is 0.875. The standard InChI is InChI=1S/C48H86N6O19/c1-17-29-31(56)30(54-43(64)73-48(14,15)16)32(57)38(66-29)68-34-26(51-36(59)28(55)20-21-49-39(60)69-44(2,3)4)22-27(53-42(63)72-47(11,12)13)35(33(34)58)67-37-25(52-41(62)71-46(8,9)10)19-18-24(65-37)23-50-40(61)70-45(5,6)7/h24-35,37-38,55-58H,17-23H2,1-16H3,(H,49,60)(H,50,61)(H,51,59)(H,52,62)(H,53,63)(H,54,64)/t24?,25?,26-,27?,28+,29?,30+,31+,32?,33?,34-,35?,37+,38+/m1/s1. The molecule has 3 rings (SSSR count). The number of hydrogen-bond donors (Lipinski definition) is 10. The molecular weight excluding hydrogens is 965 g/mol. The second-order valence-corrected chi connectivity index (χ2v) is 23.5. The van der Waals surface area contributed by atoms with Crippen molar-refractivity contribution in [3.8, 4) is 0 Å². The van der Waals surface area contributed by atoms with Gasteiger partial charge in [0.2, 0.25) is 5.91 Å². The molecule has 3 fully saturated rings. The van der Waals surface area contributed by atoms with E-state index in [0.29, 0.717) is 0 Å². The summed E-state index contributed by atoms with van der Waals surface area (Å²) >= 11 is 0. The zero-order valence-corrected chi connectivity index (χ0v) is 45.4. The molecule has 0 aromatic carbocycles. The lowest BCUT2D eigenvalue weighted by molar-refractivity contribution is -0.314. The van der Waals surface area contributed by atoms with E-state index in [2.05, 4.69) is 31.9 Å². The fourth-order valence-corrected chi connectivity index (χ4v) is 7.88. The van der Waals surface area contributed by atoms with E-state index in [0.717, 1.165) is 0 Å². The van der Waals surface area contributed by atoms with Gasteiger partial charge in [0.1, 0.15) is 64.6 Å². The molecule has 0 bridgehead atoms. The maximum Gasteiger partial charge on any atom is 0.408 e. The SMILES string of the molecule is CCC1O[C@@H](O[C@H]2C(O)C(O[C@@H]3OC(CNC(=O)OC(C)(C)C)CCC3NC(=O)OC(C)(C)C)C(NC(=O)OC(C)(C)C)C[C@H]2NC(=O)[C@@H](O)CCNC(=O)OC(C)(C)C)C(O)[C@@H](NC(=O)OC(C)(C)C)[C@H]1O. The summed E-state index contributed by atoms with van der Waals surface area (Å²) in [5, 5.41) is 62.6. The third-order valence-electron chi connectivity index (χ3n) is 10.8. The Balaban J connectivity index is 2.12. The van der Waals surface area contributed by atoms with Gasteiger partial charge in [0.05, 0.1) is 36.4 Å². The number of nitrogens with one attached hydrogen (secondary N) is 6. The minimum atomic E-state index is -1.93. The molecule has 0 radical (unpaired) electrons. The molecular formula is C48H86N6O19. The van der Waals surface area contributed by atoms with Gasteiger partial charge in [-0.1, -0.05) is 6.92 Å². The molecule has 10 N–H and O–H groups in total. The highest BCUT2D eigenvalue weighted by Gasteiger charge is 2.53. The number of hydrogen-bond acceptors (Lipinski definition) is 19. The first-order chi connectivity index (χ1) is 33.3. The third kappa shape index (κ3) is 22.1. The van der Waals surface area contributed by atoms with Crippen LogP contribution in [0.1, 0.15) is 143 Å². The van der Waals surface area contributed by atoms with Crippen molar-refractivity contribution in [3.63, 3.8) is 0 Å². The van der Waals surface area contributed by atoms with E-state index in [1.54, 1.807) is 111 Å². The summed E-state index contributed by atoms with van der Waals surface area (Å²) in [5.41, 5.74) is -4.53. The monoisotopic (exact) mass is 1050 g/mol. The first-order valence-corrected chi connectivity index (χ1v) is 24.9. The average molecular weight is 1050 g/mol. The highest BCUT2D eigenvalue weighted by atomic mass is 16.7. The summed E-state index contributed by atoms with van der Waals surface area (Å²) in [7, 11) is 0. The van der Waals surface area contributed by atoms with E-state index >= 15 is 0 Å². The molecule has 422 valence electrons. The third-order valence-corrected chi connectivity index (χ3v) is 10.8. The van der Waals surface area contributed by atoms with Crippen LogP contribution in [0.2, 0.25) is 0 Å². The normalized spacial score (nSPS) is 29.6. The summed E-state index contributed by atoms with van der Waals surface area (Å²) in [6.45, 7) is 26.2. The number of amides is 6. The first-order valence-electron chi connectivity index (χ1n) is 24.9. The Kier molecular flexibility index (Phi) is 22.2. The first kappa shape index (κ1) is 62.8. The molecule has 3 aliphatic rings. The number of aliphatic hydroxyl groups is 4. The van der Waals surface area contributed by atoms with E-state index in [1.807, 2.05) is 0 Å². The summed E-state index contributed by atoms with van der Waals surface area (Å²) in [5.74, 6) is -0.999. The molecule has 25 nitrogen and oxygen atoms in total. The van der Waals surface area contributed by atoms with Gasteiger partial charge in [-0.2, -0.15) is 0 Å². The molecule has 14 atom stereocenters. The molecule has 0 spiro atoms. The number of carbonyl (C=O) groups excluding carboxylic acids is 6. The van der Waals surface area contributed by atoms with Crippen LogP contribution in [0.25, 0.3) is 0 Å². The Morgan fingerprint density at radius 2 is 0.973 bits per heavy atom. The van der Waals surface area contributed by atoms with Crippen LogP contribution >= 0.6 is 0 Å². The summed E-state index contributed by atoms with van der Waals surface area (Å²) in [6, 6.07) is -5.10. The minimum Gasteiger partial charge on any atom is -0.444 e. The van der Waals surface area contributed by atoms with Crippen LogP contribution in [0.5, 0.6) is 0 Å². The summed E-state index contributed by atoms with van der Waals surface area (Å²) < 4.78 is 52.6. The van der Waals surface area contributed by atoms with Crippen molar-refractivity contribution in [2.24, 2.45) is 0 Å². The second-order valence-electron chi connectivity index (χ2n) is 23.5. The summed E-state index contributed by atoms with van der Waals surface area (Å²) in [6.07, 6.45) is -19.6. The number of carbonyl (C=O) groups is 6. The Morgan fingerprint density at radius 3 is 1.47 bits per heavy atom. The largest absolute Gasteiger partial charge is 0.444 e. The quantitative estimate of drug-likeness (QED) is 0.105. The van der Waals surface area contributed by atoms with Crippen molar-refractivity contribution >= 4 is 36.4 Å². The second kappa shape index (κ2) is 25.8. The predicted molar refractivity (Wildman–Crippen MR) is 260 cm³/mol. The van der Waals surface area contributed by atoms with Crippen LogP contribution in [-0.4, -0.2) is 183 Å². The number of alkyl carbamates (subject to hydrolysis) is 5. The van der Waals surface area contributed by atoms with E-state index < -0.39 is 150 Å². The van der Waals surface area contributed by atoms with Gasteiger partial charge in [-0.05, 0) is 136 Å². The molecule has 0 aromatic rings. The zero-order valence-electron chi connectivity index (χ0n) is 45.4. The van der Waals surface area contributed by atoms with Crippen molar-refractivity contribution in [2.45, 2.75) is 256 Å². The van der Waals surface area contributed by atoms with Crippen LogP contribution in [-0.2, 0) is 47.4 Å². The van der Waals surface area contributed by atoms with Crippen LogP contribution in [0.3, 0.4) is 0 Å². The highest BCUT2D eigenvalue weighted by Crippen LogP contribution is 2.34. The van der Waals surface area contributed by atoms with E-state index in [4.69, 9.17) is 42.6 Å². The van der Waals surface area contributed by atoms with Crippen molar-refractivity contribution in [3.05, 3.63) is 0 Å². The molecule has 0 aromatic heterocycles. The maximum absolute atomic E-state index is 13.9. The Bertz CT molecular complexity index is 1840. The molecule has 2 heterocycles. The lowest BCUT2D eigenvalue weighted by atomic mass is 9.83. The molecule has 1 saturated carbocycles. The van der Waals surface area contributed by atoms with Crippen LogP contribution < -0.4 is 31.9 Å². The number of aliphatic hydroxyl groups excluding tert-OH is 4. The van der Waals surface area contributed by atoms with Gasteiger partial charge in [-0.15, -0.1) is 0 Å². The average Bonchev–Trinajstić information content (AvgIpc) is 3.19. The fourth-order valence-electron chi connectivity index (χ4n) is 7.88. The van der Waals surface area contributed by atoms with Crippen molar-refractivity contribution in [1.82, 2.24) is 31.9 Å². The number of rotatable bonds is 15. The van der Waals surface area contributed by atoms with Gasteiger partial charge in [0.25, 0.3) is 0 Å². The molecule has 1 aliphatic carbocycles. The van der Waals surface area contributed by atoms with Crippen molar-refractivity contribution in [2.75, 3.05) is 13.1 Å². The molecule has 2 aliphatic heterocycles. The summed E-state index contributed by atoms with van der Waals surface area (Å²) in [4.78, 5) is 78.7. The van der Waals surface area contributed by atoms with E-state index in [1.165, 1.54) is 0 Å². The minimum absolute atomic E-state index is 0.0734. The molecule has 25 heteroatoms. The maximum atomic E-state index is 13.9. The van der Waals surface area contributed by atoms with Gasteiger partial charge in [0, 0.05) is 13.1 Å². The lowest BCUT2D eigenvalue weighted by Crippen LogP contribution is -2.70. The van der Waals surface area contributed by atoms with Crippen LogP contribution in [0.15, 0.2) is 0 Å². The topological polar surface area (TPSA) is 339 Å². The highest BCUT2D eigenvalue weighted by molar-refractivity contribution is 5.81. The van der Waals surface area contributed by atoms with Crippen molar-refractivity contribution < 1.29 is 91.8 Å². The van der Waals surface area contributed by atoms with Crippen LogP contribution in [0, 0.1) is 0 Å². The number of ether oxygens (including phenoxy) is 9. The van der Waals surface area contributed by atoms with E-state index in [-0.39, 0.29) is 45.2 Å². The Hall–Kier alpha value is -4.50. The zero-order chi connectivity index (χ0) is 55.6. The van der Waals surface area contributed by atoms with E-state index in [9.17, 15) is 49.2 Å². The molecule has 2 saturated heterocycles. The van der Waals surface area contributed by atoms with Gasteiger partial charge in [-0.3, -0.25) is 4.79 Å². The smallest absolute Gasteiger partial charge is 0.408 e. The Morgan fingerprint density at radius 1 is 0.534 bits per heavy atom. The van der Waals surface area contributed by atoms with Crippen molar-refractivity contribution in [1.29, 1.82) is 0 Å². The van der Waals surface area contributed by atoms with Crippen LogP contribution in [0.4, 0.5) is 24.0 Å². The van der Waals surface area contributed by atoms with Gasteiger partial charge in [-0.25, -0.2) is 24.0 Å². The molecule has 73 heavy (non-hydrogen) atoms. The Labute approximate surface area is 428 Å². The van der Waals surface area contributed by atoms with Gasteiger partial charge in [0.15, 0.2) is 12.6 Å². The van der Waals surface area contributed by atoms with Gasteiger partial charge >= 0.3 is 30.5 Å². The predicted octanol–water partition coefficient (Wildman–Crippen LogP) is 2.85. The molecule has 7 unspecified atom stereocenters. The lowest BCUT2D eigenvalue weighted by Gasteiger charge is -2.49. The van der Waals surface area contributed by atoms with Gasteiger partial charge < -0.3 is 95.0 Å². The molecule has 6 amide bonds.